The molecule has 3 aromatic rings. The molecule has 1 amide bonds. The van der Waals surface area contributed by atoms with Gasteiger partial charge in [0, 0.05) is 11.4 Å². The van der Waals surface area contributed by atoms with Gasteiger partial charge < -0.3 is 15.4 Å². The molecule has 0 saturated heterocycles. The molecule has 0 heterocycles. The van der Waals surface area contributed by atoms with Crippen LogP contribution < -0.4 is 15.4 Å². The number of carbonyl (C=O) groups is 1. The first-order valence-corrected chi connectivity index (χ1v) is 8.30. The fraction of sp³-hybridized carbons (Fsp3) is 0.0500. The fourth-order valence-electron chi connectivity index (χ4n) is 2.22. The van der Waals surface area contributed by atoms with E-state index in [2.05, 4.69) is 10.6 Å². The SMILES string of the molecule is O=C(CNc1ccc(F)c(Cl)c1)Nc1ccc(Oc2ccccc2)cc1. The molecule has 0 bridgehead atoms. The van der Waals surface area contributed by atoms with E-state index in [1.165, 1.54) is 18.2 Å². The van der Waals surface area contributed by atoms with E-state index >= 15 is 0 Å². The lowest BCUT2D eigenvalue weighted by molar-refractivity contribution is -0.114. The largest absolute Gasteiger partial charge is 0.457 e. The quantitative estimate of drug-likeness (QED) is 0.617. The Hall–Kier alpha value is -3.05. The van der Waals surface area contributed by atoms with E-state index in [1.807, 2.05) is 30.3 Å². The zero-order chi connectivity index (χ0) is 18.4. The molecule has 3 rings (SSSR count). The third-order valence-electron chi connectivity index (χ3n) is 3.49. The van der Waals surface area contributed by atoms with Crippen LogP contribution >= 0.6 is 11.6 Å². The van der Waals surface area contributed by atoms with Crippen molar-refractivity contribution in [1.82, 2.24) is 0 Å². The van der Waals surface area contributed by atoms with E-state index in [9.17, 15) is 9.18 Å². The third kappa shape index (κ3) is 4.97. The topological polar surface area (TPSA) is 50.4 Å². The number of hydrogen-bond acceptors (Lipinski definition) is 3. The summed E-state index contributed by atoms with van der Waals surface area (Å²) < 4.78 is 18.8. The molecule has 0 radical (unpaired) electrons. The first-order valence-electron chi connectivity index (χ1n) is 7.92. The van der Waals surface area contributed by atoms with Gasteiger partial charge in [-0.15, -0.1) is 0 Å². The maximum Gasteiger partial charge on any atom is 0.243 e. The number of amides is 1. The second-order valence-electron chi connectivity index (χ2n) is 5.47. The molecule has 2 N–H and O–H groups in total. The van der Waals surface area contributed by atoms with Crippen molar-refractivity contribution < 1.29 is 13.9 Å². The second-order valence-corrected chi connectivity index (χ2v) is 5.88. The van der Waals surface area contributed by atoms with Crippen LogP contribution in [-0.2, 0) is 4.79 Å². The summed E-state index contributed by atoms with van der Waals surface area (Å²) in [5.74, 6) is 0.682. The average Bonchev–Trinajstić information content (AvgIpc) is 2.65. The van der Waals surface area contributed by atoms with Gasteiger partial charge in [-0.05, 0) is 54.6 Å². The highest BCUT2D eigenvalue weighted by Gasteiger charge is 2.05. The summed E-state index contributed by atoms with van der Waals surface area (Å²) in [5.41, 5.74) is 1.22. The highest BCUT2D eigenvalue weighted by Crippen LogP contribution is 2.23. The molecule has 0 aromatic heterocycles. The van der Waals surface area contributed by atoms with Gasteiger partial charge in [-0.3, -0.25) is 4.79 Å². The van der Waals surface area contributed by atoms with Gasteiger partial charge in [-0.2, -0.15) is 0 Å². The van der Waals surface area contributed by atoms with Gasteiger partial charge in [0.05, 0.1) is 11.6 Å². The van der Waals surface area contributed by atoms with Gasteiger partial charge in [0.15, 0.2) is 0 Å². The van der Waals surface area contributed by atoms with Crippen LogP contribution in [0.5, 0.6) is 11.5 Å². The number of benzene rings is 3. The Morgan fingerprint density at radius 2 is 1.58 bits per heavy atom. The highest BCUT2D eigenvalue weighted by atomic mass is 35.5. The predicted molar refractivity (Wildman–Crippen MR) is 101 cm³/mol. The highest BCUT2D eigenvalue weighted by molar-refractivity contribution is 6.31. The first kappa shape index (κ1) is 17.8. The summed E-state index contributed by atoms with van der Waals surface area (Å²) in [6, 6.07) is 20.7. The lowest BCUT2D eigenvalue weighted by Gasteiger charge is -2.09. The smallest absolute Gasteiger partial charge is 0.243 e. The van der Waals surface area contributed by atoms with E-state index in [1.54, 1.807) is 24.3 Å². The monoisotopic (exact) mass is 370 g/mol. The zero-order valence-electron chi connectivity index (χ0n) is 13.7. The molecular formula is C20H16ClFN2O2. The van der Waals surface area contributed by atoms with E-state index in [0.717, 1.165) is 5.75 Å². The Labute approximate surface area is 155 Å². The second kappa shape index (κ2) is 8.36. The molecule has 0 fully saturated rings. The number of para-hydroxylation sites is 1. The lowest BCUT2D eigenvalue weighted by atomic mass is 10.3. The molecular weight excluding hydrogens is 355 g/mol. The van der Waals surface area contributed by atoms with Crippen LogP contribution in [0.15, 0.2) is 72.8 Å². The Kier molecular flexibility index (Phi) is 5.71. The van der Waals surface area contributed by atoms with Crippen molar-refractivity contribution in [1.29, 1.82) is 0 Å². The molecule has 0 atom stereocenters. The normalized spacial score (nSPS) is 10.2. The van der Waals surface area contributed by atoms with Crippen molar-refractivity contribution in [3.05, 3.63) is 83.6 Å². The molecule has 4 nitrogen and oxygen atoms in total. The zero-order valence-corrected chi connectivity index (χ0v) is 14.5. The summed E-state index contributed by atoms with van der Waals surface area (Å²) in [7, 11) is 0. The number of ether oxygens (including phenoxy) is 1. The van der Waals surface area contributed by atoms with Crippen molar-refractivity contribution in [2.45, 2.75) is 0 Å². The van der Waals surface area contributed by atoms with Crippen molar-refractivity contribution >= 4 is 28.9 Å². The molecule has 3 aromatic carbocycles. The van der Waals surface area contributed by atoms with Gasteiger partial charge in [0.2, 0.25) is 5.91 Å². The molecule has 0 aliphatic carbocycles. The minimum Gasteiger partial charge on any atom is -0.457 e. The molecule has 132 valence electrons. The molecule has 6 heteroatoms. The standard InChI is InChI=1S/C20H16ClFN2O2/c21-18-12-15(8-11-19(18)22)23-13-20(25)24-14-6-9-17(10-7-14)26-16-4-2-1-3-5-16/h1-12,23H,13H2,(H,24,25). The molecule has 0 unspecified atom stereocenters. The van der Waals surface area contributed by atoms with Crippen LogP contribution in [0.3, 0.4) is 0 Å². The summed E-state index contributed by atoms with van der Waals surface area (Å²) in [4.78, 5) is 12.0. The average molecular weight is 371 g/mol. The van der Waals surface area contributed by atoms with Crippen LogP contribution in [0.1, 0.15) is 0 Å². The summed E-state index contributed by atoms with van der Waals surface area (Å²) in [5, 5.41) is 5.66. The number of hydrogen-bond donors (Lipinski definition) is 2. The summed E-state index contributed by atoms with van der Waals surface area (Å²) >= 11 is 5.70. The van der Waals surface area contributed by atoms with E-state index in [0.29, 0.717) is 17.1 Å². The first-order chi connectivity index (χ1) is 12.6. The Morgan fingerprint density at radius 1 is 0.923 bits per heavy atom. The third-order valence-corrected chi connectivity index (χ3v) is 3.78. The molecule has 0 spiro atoms. The fourth-order valence-corrected chi connectivity index (χ4v) is 2.41. The van der Waals surface area contributed by atoms with Gasteiger partial charge >= 0.3 is 0 Å². The predicted octanol–water partition coefficient (Wildman–Crippen LogP) is 5.32. The van der Waals surface area contributed by atoms with Gasteiger partial charge in [-0.25, -0.2) is 4.39 Å². The molecule has 0 aliphatic rings. The number of nitrogens with one attached hydrogen (secondary N) is 2. The number of rotatable bonds is 6. The lowest BCUT2D eigenvalue weighted by Crippen LogP contribution is -2.21. The number of anilines is 2. The minimum absolute atomic E-state index is 0.00409. The van der Waals surface area contributed by atoms with Gasteiger partial charge in [0.25, 0.3) is 0 Å². The van der Waals surface area contributed by atoms with Gasteiger partial charge in [0.1, 0.15) is 17.3 Å². The Bertz CT molecular complexity index is 886. The van der Waals surface area contributed by atoms with Crippen LogP contribution in [-0.4, -0.2) is 12.5 Å². The van der Waals surface area contributed by atoms with Crippen molar-refractivity contribution in [2.24, 2.45) is 0 Å². The molecule has 26 heavy (non-hydrogen) atoms. The van der Waals surface area contributed by atoms with E-state index in [-0.39, 0.29) is 17.5 Å². The van der Waals surface area contributed by atoms with Gasteiger partial charge in [-0.1, -0.05) is 29.8 Å². The van der Waals surface area contributed by atoms with Crippen molar-refractivity contribution in [3.8, 4) is 11.5 Å². The molecule has 0 saturated carbocycles. The van der Waals surface area contributed by atoms with E-state index in [4.69, 9.17) is 16.3 Å². The summed E-state index contributed by atoms with van der Waals surface area (Å²) in [6.45, 7) is 0.0320. The van der Waals surface area contributed by atoms with Crippen LogP contribution in [0.4, 0.5) is 15.8 Å². The van der Waals surface area contributed by atoms with Crippen LogP contribution in [0.2, 0.25) is 5.02 Å². The summed E-state index contributed by atoms with van der Waals surface area (Å²) in [6.07, 6.45) is 0. The Balaban J connectivity index is 1.51. The van der Waals surface area contributed by atoms with Crippen LogP contribution in [0, 0.1) is 5.82 Å². The van der Waals surface area contributed by atoms with Crippen LogP contribution in [0.25, 0.3) is 0 Å². The minimum atomic E-state index is -0.500. The maximum absolute atomic E-state index is 13.1. The Morgan fingerprint density at radius 3 is 2.27 bits per heavy atom. The van der Waals surface area contributed by atoms with Crippen molar-refractivity contribution in [3.63, 3.8) is 0 Å². The van der Waals surface area contributed by atoms with Crippen molar-refractivity contribution in [2.75, 3.05) is 17.2 Å². The van der Waals surface area contributed by atoms with E-state index < -0.39 is 5.82 Å². The maximum atomic E-state index is 13.1. The number of halogens is 2. The number of carbonyl (C=O) groups excluding carboxylic acids is 1. The molecule has 0 aliphatic heterocycles.